The van der Waals surface area contributed by atoms with E-state index in [0.29, 0.717) is 24.0 Å². The SMILES string of the molecule is c1ccc(-c2nnc3c4ccccc4c(OCc4ccc(CCCN5CCCCC5)nc4)nn23)cc1. The van der Waals surface area contributed by atoms with E-state index < -0.39 is 0 Å². The molecule has 3 aromatic heterocycles. The lowest BCUT2D eigenvalue weighted by Crippen LogP contribution is -2.30. The Labute approximate surface area is 210 Å². The highest BCUT2D eigenvalue weighted by molar-refractivity contribution is 5.97. The molecular weight excluding hydrogens is 448 g/mol. The molecule has 0 aliphatic carbocycles. The summed E-state index contributed by atoms with van der Waals surface area (Å²) >= 11 is 0. The number of piperidine rings is 1. The zero-order valence-electron chi connectivity index (χ0n) is 20.4. The minimum atomic E-state index is 0.395. The summed E-state index contributed by atoms with van der Waals surface area (Å²) in [7, 11) is 0. The number of fused-ring (bicyclic) bond motifs is 3. The van der Waals surface area contributed by atoms with Crippen LogP contribution >= 0.6 is 0 Å². The Morgan fingerprint density at radius 1 is 0.806 bits per heavy atom. The first kappa shape index (κ1) is 22.6. The van der Waals surface area contributed by atoms with Crippen molar-refractivity contribution in [3.63, 3.8) is 0 Å². The Morgan fingerprint density at radius 3 is 2.42 bits per heavy atom. The maximum atomic E-state index is 6.24. The molecule has 0 amide bonds. The van der Waals surface area contributed by atoms with E-state index in [2.05, 4.69) is 32.2 Å². The van der Waals surface area contributed by atoms with Gasteiger partial charge in [0, 0.05) is 33.8 Å². The van der Waals surface area contributed by atoms with Crippen molar-refractivity contribution in [3.05, 3.63) is 84.2 Å². The van der Waals surface area contributed by atoms with Gasteiger partial charge in [-0.25, -0.2) is 0 Å². The van der Waals surface area contributed by atoms with Crippen molar-refractivity contribution in [2.45, 2.75) is 38.7 Å². The molecular formula is C29H30N6O. The molecule has 1 saturated heterocycles. The minimum Gasteiger partial charge on any atom is -0.471 e. The number of likely N-dealkylation sites (tertiary alicyclic amines) is 1. The summed E-state index contributed by atoms with van der Waals surface area (Å²) in [5, 5.41) is 15.5. The molecule has 0 N–H and O–H groups in total. The number of nitrogens with zero attached hydrogens (tertiary/aromatic N) is 6. The number of aromatic nitrogens is 5. The van der Waals surface area contributed by atoms with Crippen LogP contribution in [0, 0.1) is 0 Å². The molecule has 7 heteroatoms. The first-order chi connectivity index (χ1) is 17.8. The summed E-state index contributed by atoms with van der Waals surface area (Å²) in [5.74, 6) is 1.25. The molecule has 1 aliphatic heterocycles. The first-order valence-electron chi connectivity index (χ1n) is 12.8. The number of hydrogen-bond donors (Lipinski definition) is 0. The van der Waals surface area contributed by atoms with Gasteiger partial charge in [0.05, 0.1) is 0 Å². The standard InChI is InChI=1S/C29H30N6O/c1-3-10-23(11-4-1)27-31-32-28-25-13-5-6-14-26(25)29(33-35(27)28)36-21-22-15-16-24(30-20-22)12-9-19-34-17-7-2-8-18-34/h1,3-6,10-11,13-16,20H,2,7-9,12,17-19,21H2. The molecule has 0 unspecified atom stereocenters. The van der Waals surface area contributed by atoms with E-state index in [0.717, 1.165) is 40.4 Å². The molecule has 0 atom stereocenters. The fourth-order valence-electron chi connectivity index (χ4n) is 4.93. The van der Waals surface area contributed by atoms with Gasteiger partial charge in [-0.15, -0.1) is 15.3 Å². The Bertz CT molecular complexity index is 1440. The molecule has 1 aliphatic rings. The molecule has 0 radical (unpaired) electrons. The highest BCUT2D eigenvalue weighted by Crippen LogP contribution is 2.29. The molecule has 1 fully saturated rings. The highest BCUT2D eigenvalue weighted by Gasteiger charge is 2.16. The summed E-state index contributed by atoms with van der Waals surface area (Å²) in [5.41, 5.74) is 3.83. The average molecular weight is 479 g/mol. The summed E-state index contributed by atoms with van der Waals surface area (Å²) in [6, 6.07) is 22.2. The molecule has 36 heavy (non-hydrogen) atoms. The maximum absolute atomic E-state index is 6.24. The highest BCUT2D eigenvalue weighted by atomic mass is 16.5. The van der Waals surface area contributed by atoms with Gasteiger partial charge in [-0.1, -0.05) is 61.0 Å². The predicted octanol–water partition coefficient (Wildman–Crippen LogP) is 5.34. The van der Waals surface area contributed by atoms with Crippen molar-refractivity contribution in [1.82, 2.24) is 29.7 Å². The smallest absolute Gasteiger partial charge is 0.240 e. The van der Waals surface area contributed by atoms with Gasteiger partial charge in [0.2, 0.25) is 5.88 Å². The van der Waals surface area contributed by atoms with Crippen molar-refractivity contribution in [3.8, 4) is 17.3 Å². The van der Waals surface area contributed by atoms with E-state index >= 15 is 0 Å². The van der Waals surface area contributed by atoms with Gasteiger partial charge in [-0.3, -0.25) is 4.98 Å². The van der Waals surface area contributed by atoms with Gasteiger partial charge in [0.1, 0.15) is 6.61 Å². The fraction of sp³-hybridized carbons (Fsp3) is 0.310. The lowest BCUT2D eigenvalue weighted by Gasteiger charge is -2.26. The van der Waals surface area contributed by atoms with E-state index in [4.69, 9.17) is 9.84 Å². The Morgan fingerprint density at radius 2 is 1.61 bits per heavy atom. The molecule has 0 bridgehead atoms. The van der Waals surface area contributed by atoms with Crippen LogP contribution in [0.1, 0.15) is 36.9 Å². The van der Waals surface area contributed by atoms with Crippen LogP contribution in [0.3, 0.4) is 0 Å². The largest absolute Gasteiger partial charge is 0.471 e. The molecule has 7 nitrogen and oxygen atoms in total. The molecule has 5 aromatic rings. The lowest BCUT2D eigenvalue weighted by molar-refractivity contribution is 0.226. The second-order valence-corrected chi connectivity index (χ2v) is 9.43. The monoisotopic (exact) mass is 478 g/mol. The van der Waals surface area contributed by atoms with Crippen molar-refractivity contribution < 1.29 is 4.74 Å². The van der Waals surface area contributed by atoms with Crippen LogP contribution in [-0.2, 0) is 13.0 Å². The van der Waals surface area contributed by atoms with E-state index in [-0.39, 0.29) is 0 Å². The second-order valence-electron chi connectivity index (χ2n) is 9.43. The summed E-state index contributed by atoms with van der Waals surface area (Å²) < 4.78 is 8.01. The van der Waals surface area contributed by atoms with Crippen LogP contribution in [0.15, 0.2) is 72.9 Å². The molecule has 0 saturated carbocycles. The Hall–Kier alpha value is -3.84. The van der Waals surface area contributed by atoms with E-state index in [1.54, 1.807) is 4.52 Å². The third kappa shape index (κ3) is 4.79. The van der Waals surface area contributed by atoms with Crippen LogP contribution < -0.4 is 4.74 Å². The van der Waals surface area contributed by atoms with Gasteiger partial charge in [0.15, 0.2) is 11.5 Å². The number of rotatable bonds is 8. The van der Waals surface area contributed by atoms with Gasteiger partial charge < -0.3 is 9.64 Å². The van der Waals surface area contributed by atoms with Gasteiger partial charge in [-0.2, -0.15) is 4.52 Å². The van der Waals surface area contributed by atoms with Crippen molar-refractivity contribution in [2.24, 2.45) is 0 Å². The van der Waals surface area contributed by atoms with Crippen molar-refractivity contribution in [1.29, 1.82) is 0 Å². The first-order valence-corrected chi connectivity index (χ1v) is 12.8. The second kappa shape index (κ2) is 10.4. The van der Waals surface area contributed by atoms with Crippen LogP contribution in [0.4, 0.5) is 0 Å². The minimum absolute atomic E-state index is 0.395. The van der Waals surface area contributed by atoms with Gasteiger partial charge in [0.25, 0.3) is 0 Å². The van der Waals surface area contributed by atoms with E-state index in [1.807, 2.05) is 60.8 Å². The number of hydrogen-bond acceptors (Lipinski definition) is 6. The average Bonchev–Trinajstić information content (AvgIpc) is 3.38. The molecule has 0 spiro atoms. The summed E-state index contributed by atoms with van der Waals surface area (Å²) in [4.78, 5) is 7.27. The molecule has 2 aromatic carbocycles. The van der Waals surface area contributed by atoms with Gasteiger partial charge in [-0.05, 0) is 57.5 Å². The molecule has 4 heterocycles. The van der Waals surface area contributed by atoms with E-state index in [1.165, 1.54) is 38.9 Å². The van der Waals surface area contributed by atoms with Crippen LogP contribution in [-0.4, -0.2) is 49.3 Å². The summed E-state index contributed by atoms with van der Waals surface area (Å²) in [6.45, 7) is 4.06. The van der Waals surface area contributed by atoms with Crippen molar-refractivity contribution in [2.75, 3.05) is 19.6 Å². The fourth-order valence-corrected chi connectivity index (χ4v) is 4.93. The van der Waals surface area contributed by atoms with E-state index in [9.17, 15) is 0 Å². The van der Waals surface area contributed by atoms with Crippen molar-refractivity contribution >= 4 is 16.4 Å². The molecule has 6 rings (SSSR count). The van der Waals surface area contributed by atoms with Crippen LogP contribution in [0.5, 0.6) is 5.88 Å². The zero-order chi connectivity index (χ0) is 24.2. The molecule has 182 valence electrons. The lowest BCUT2D eigenvalue weighted by atomic mass is 10.1. The number of pyridine rings is 1. The van der Waals surface area contributed by atoms with Gasteiger partial charge >= 0.3 is 0 Å². The number of aryl methyl sites for hydroxylation is 1. The Balaban J connectivity index is 1.18. The summed E-state index contributed by atoms with van der Waals surface area (Å²) in [6.07, 6.45) is 8.15. The third-order valence-electron chi connectivity index (χ3n) is 6.88. The quantitative estimate of drug-likeness (QED) is 0.300. The predicted molar refractivity (Wildman–Crippen MR) is 141 cm³/mol. The maximum Gasteiger partial charge on any atom is 0.240 e. The third-order valence-corrected chi connectivity index (χ3v) is 6.88. The number of ether oxygens (including phenoxy) is 1. The van der Waals surface area contributed by atoms with Crippen LogP contribution in [0.25, 0.3) is 27.8 Å². The van der Waals surface area contributed by atoms with Crippen LogP contribution in [0.2, 0.25) is 0 Å². The zero-order valence-corrected chi connectivity index (χ0v) is 20.4. The Kier molecular flexibility index (Phi) is 6.54. The normalized spacial score (nSPS) is 14.4. The number of benzene rings is 2. The topological polar surface area (TPSA) is 68.4 Å².